The molecule has 1 atom stereocenters. The molecule has 0 saturated carbocycles. The molecule has 0 fully saturated rings. The molecule has 3 nitrogen and oxygen atoms in total. The summed E-state index contributed by atoms with van der Waals surface area (Å²) in [5.74, 6) is 0. The van der Waals surface area contributed by atoms with Crippen LogP contribution in [-0.4, -0.2) is 15.7 Å². The van der Waals surface area contributed by atoms with Crippen LogP contribution in [0.15, 0.2) is 43.0 Å². The fourth-order valence-electron chi connectivity index (χ4n) is 2.98. The average molecular weight is 363 g/mol. The van der Waals surface area contributed by atoms with Crippen molar-refractivity contribution in [1.82, 2.24) is 9.55 Å². The molecule has 1 aromatic heterocycles. The van der Waals surface area contributed by atoms with E-state index in [0.717, 1.165) is 18.0 Å². The molecule has 0 saturated heterocycles. The summed E-state index contributed by atoms with van der Waals surface area (Å²) in [6.07, 6.45) is 16.3. The molecule has 0 spiro atoms. The highest BCUT2D eigenvalue weighted by molar-refractivity contribution is 6.30. The molecule has 0 amide bonds. The van der Waals surface area contributed by atoms with Crippen LogP contribution in [0.25, 0.3) is 0 Å². The maximum atomic E-state index is 6.19. The van der Waals surface area contributed by atoms with Crippen LogP contribution in [0.1, 0.15) is 63.9 Å². The van der Waals surface area contributed by atoms with E-state index < -0.39 is 0 Å². The maximum absolute atomic E-state index is 6.19. The fourth-order valence-corrected chi connectivity index (χ4v) is 3.11. The summed E-state index contributed by atoms with van der Waals surface area (Å²) in [7, 11) is 0. The third-order valence-electron chi connectivity index (χ3n) is 4.50. The molecular formula is C21H31ClN2O. The fraction of sp³-hybridized carbons (Fsp3) is 0.571. The first-order valence-corrected chi connectivity index (χ1v) is 9.97. The van der Waals surface area contributed by atoms with Crippen LogP contribution in [0, 0.1) is 0 Å². The Kier molecular flexibility index (Phi) is 9.68. The van der Waals surface area contributed by atoms with E-state index in [2.05, 4.69) is 16.5 Å². The second kappa shape index (κ2) is 12.1. The van der Waals surface area contributed by atoms with Crippen LogP contribution in [0.5, 0.6) is 0 Å². The Labute approximate surface area is 157 Å². The zero-order valence-corrected chi connectivity index (χ0v) is 16.1. The lowest BCUT2D eigenvalue weighted by molar-refractivity contribution is 0.0221. The van der Waals surface area contributed by atoms with Crippen molar-refractivity contribution in [3.8, 4) is 0 Å². The standard InChI is InChI=1S/C21H31ClN2O/c1-2-3-4-5-6-7-8-9-21(16-24-15-14-23-18-24)25-17-19-10-12-20(22)13-11-19/h10-15,18,21H,2-9,16-17H2,1H3. The van der Waals surface area contributed by atoms with Gasteiger partial charge in [0.25, 0.3) is 0 Å². The Morgan fingerprint density at radius 3 is 2.44 bits per heavy atom. The first-order chi connectivity index (χ1) is 12.3. The number of rotatable bonds is 13. The van der Waals surface area contributed by atoms with Crippen LogP contribution in [0.3, 0.4) is 0 Å². The Morgan fingerprint density at radius 1 is 1.04 bits per heavy atom. The zero-order chi connectivity index (χ0) is 17.7. The number of ether oxygens (including phenoxy) is 1. The van der Waals surface area contributed by atoms with E-state index in [-0.39, 0.29) is 6.10 Å². The third-order valence-corrected chi connectivity index (χ3v) is 4.75. The number of imidazole rings is 1. The quantitative estimate of drug-likeness (QED) is 0.393. The molecule has 4 heteroatoms. The first kappa shape index (κ1) is 20.0. The molecule has 0 bridgehead atoms. The molecule has 1 aromatic carbocycles. The van der Waals surface area contributed by atoms with Crippen LogP contribution in [-0.2, 0) is 17.9 Å². The SMILES string of the molecule is CCCCCCCCCC(Cn1ccnc1)OCc1ccc(Cl)cc1. The molecule has 2 aromatic rings. The third kappa shape index (κ3) is 8.55. The van der Waals surface area contributed by atoms with E-state index in [9.17, 15) is 0 Å². The molecular weight excluding hydrogens is 332 g/mol. The van der Waals surface area contributed by atoms with Crippen molar-refractivity contribution in [3.05, 3.63) is 53.6 Å². The van der Waals surface area contributed by atoms with Crippen LogP contribution in [0.4, 0.5) is 0 Å². The number of hydrogen-bond acceptors (Lipinski definition) is 2. The summed E-state index contributed by atoms with van der Waals surface area (Å²) in [5.41, 5.74) is 1.17. The van der Waals surface area contributed by atoms with Crippen LogP contribution >= 0.6 is 11.6 Å². The number of aromatic nitrogens is 2. The molecule has 138 valence electrons. The van der Waals surface area contributed by atoms with E-state index in [1.54, 1.807) is 0 Å². The van der Waals surface area contributed by atoms with Crippen molar-refractivity contribution in [1.29, 1.82) is 0 Å². The van der Waals surface area contributed by atoms with Crippen molar-refractivity contribution in [2.75, 3.05) is 0 Å². The van der Waals surface area contributed by atoms with Gasteiger partial charge in [-0.3, -0.25) is 0 Å². The highest BCUT2D eigenvalue weighted by Gasteiger charge is 2.10. The Morgan fingerprint density at radius 2 is 1.76 bits per heavy atom. The van der Waals surface area contributed by atoms with Crippen molar-refractivity contribution in [2.24, 2.45) is 0 Å². The van der Waals surface area contributed by atoms with E-state index in [0.29, 0.717) is 6.61 Å². The van der Waals surface area contributed by atoms with Gasteiger partial charge in [-0.1, -0.05) is 75.6 Å². The Balaban J connectivity index is 1.73. The van der Waals surface area contributed by atoms with E-state index in [1.807, 2.05) is 43.0 Å². The number of halogens is 1. The zero-order valence-electron chi connectivity index (χ0n) is 15.4. The topological polar surface area (TPSA) is 27.1 Å². The van der Waals surface area contributed by atoms with Crippen molar-refractivity contribution in [3.63, 3.8) is 0 Å². The van der Waals surface area contributed by atoms with Gasteiger partial charge in [-0.05, 0) is 24.1 Å². The number of benzene rings is 1. The van der Waals surface area contributed by atoms with Gasteiger partial charge < -0.3 is 9.30 Å². The molecule has 2 rings (SSSR count). The second-order valence-electron chi connectivity index (χ2n) is 6.73. The normalized spacial score (nSPS) is 12.4. The molecule has 0 aliphatic heterocycles. The minimum Gasteiger partial charge on any atom is -0.372 e. The highest BCUT2D eigenvalue weighted by atomic mass is 35.5. The maximum Gasteiger partial charge on any atom is 0.0946 e. The smallest absolute Gasteiger partial charge is 0.0946 e. The summed E-state index contributed by atoms with van der Waals surface area (Å²) < 4.78 is 8.30. The number of nitrogens with zero attached hydrogens (tertiary/aromatic N) is 2. The monoisotopic (exact) mass is 362 g/mol. The summed E-state index contributed by atoms with van der Waals surface area (Å²) in [4.78, 5) is 4.13. The molecule has 0 radical (unpaired) electrons. The minimum absolute atomic E-state index is 0.223. The van der Waals surface area contributed by atoms with Crippen LogP contribution < -0.4 is 0 Å². The predicted molar refractivity (Wildman–Crippen MR) is 105 cm³/mol. The van der Waals surface area contributed by atoms with Crippen molar-refractivity contribution >= 4 is 11.6 Å². The van der Waals surface area contributed by atoms with Gasteiger partial charge in [-0.15, -0.1) is 0 Å². The number of hydrogen-bond donors (Lipinski definition) is 0. The van der Waals surface area contributed by atoms with E-state index >= 15 is 0 Å². The molecule has 0 N–H and O–H groups in total. The lowest BCUT2D eigenvalue weighted by Gasteiger charge is -2.19. The largest absolute Gasteiger partial charge is 0.372 e. The summed E-state index contributed by atoms with van der Waals surface area (Å²) in [6.45, 7) is 3.76. The Hall–Kier alpha value is -1.32. The van der Waals surface area contributed by atoms with E-state index in [1.165, 1.54) is 50.5 Å². The average Bonchev–Trinajstić information content (AvgIpc) is 3.13. The summed E-state index contributed by atoms with van der Waals surface area (Å²) in [6, 6.07) is 7.90. The van der Waals surface area contributed by atoms with Gasteiger partial charge in [0.05, 0.1) is 19.0 Å². The molecule has 25 heavy (non-hydrogen) atoms. The van der Waals surface area contributed by atoms with Gasteiger partial charge >= 0.3 is 0 Å². The summed E-state index contributed by atoms with van der Waals surface area (Å²) in [5, 5.41) is 0.766. The molecule has 1 unspecified atom stereocenters. The van der Waals surface area contributed by atoms with Crippen molar-refractivity contribution < 1.29 is 4.74 Å². The molecule has 0 aliphatic rings. The lowest BCUT2D eigenvalue weighted by atomic mass is 10.1. The molecule has 1 heterocycles. The first-order valence-electron chi connectivity index (χ1n) is 9.59. The van der Waals surface area contributed by atoms with Gasteiger partial charge in [0, 0.05) is 24.0 Å². The van der Waals surface area contributed by atoms with Gasteiger partial charge in [0.1, 0.15) is 0 Å². The van der Waals surface area contributed by atoms with Gasteiger partial charge in [-0.2, -0.15) is 0 Å². The predicted octanol–water partition coefficient (Wildman–Crippen LogP) is 6.26. The number of unbranched alkanes of at least 4 members (excludes halogenated alkanes) is 6. The Bertz CT molecular complexity index is 554. The highest BCUT2D eigenvalue weighted by Crippen LogP contribution is 2.16. The van der Waals surface area contributed by atoms with E-state index in [4.69, 9.17) is 16.3 Å². The van der Waals surface area contributed by atoms with Crippen molar-refractivity contribution in [2.45, 2.75) is 77.5 Å². The minimum atomic E-state index is 0.223. The van der Waals surface area contributed by atoms with Crippen LogP contribution in [0.2, 0.25) is 5.02 Å². The summed E-state index contributed by atoms with van der Waals surface area (Å²) >= 11 is 5.95. The molecule has 0 aliphatic carbocycles. The second-order valence-corrected chi connectivity index (χ2v) is 7.17. The lowest BCUT2D eigenvalue weighted by Crippen LogP contribution is -2.19. The van der Waals surface area contributed by atoms with Gasteiger partial charge in [0.15, 0.2) is 0 Å². The van der Waals surface area contributed by atoms with Gasteiger partial charge in [-0.25, -0.2) is 4.98 Å². The van der Waals surface area contributed by atoms with Gasteiger partial charge in [0.2, 0.25) is 0 Å².